The minimum Gasteiger partial charge on any atom is -0.368 e. The van der Waals surface area contributed by atoms with Crippen LogP contribution in [0.2, 0.25) is 10.0 Å². The Bertz CT molecular complexity index is 549. The van der Waals surface area contributed by atoms with Crippen LogP contribution in [0.5, 0.6) is 0 Å². The number of halogens is 3. The van der Waals surface area contributed by atoms with E-state index < -0.39 is 6.17 Å². The number of anilines is 1. The third kappa shape index (κ3) is 4.34. The molecule has 2 fully saturated rings. The van der Waals surface area contributed by atoms with Gasteiger partial charge in [0.05, 0.1) is 15.7 Å². The Balaban J connectivity index is 1.45. The number of piperazine rings is 1. The van der Waals surface area contributed by atoms with E-state index in [2.05, 4.69) is 9.80 Å². The molecule has 0 radical (unpaired) electrons. The second-order valence-electron chi connectivity index (χ2n) is 7.05. The average Bonchev–Trinajstić information content (AvgIpc) is 2.59. The van der Waals surface area contributed by atoms with Crippen molar-refractivity contribution >= 4 is 28.9 Å². The fraction of sp³-hybridized carbons (Fsp3) is 0.667. The molecule has 1 saturated carbocycles. The van der Waals surface area contributed by atoms with E-state index in [1.807, 2.05) is 18.2 Å². The van der Waals surface area contributed by atoms with Crippen LogP contribution in [0.3, 0.4) is 0 Å². The predicted octanol–water partition coefficient (Wildman–Crippen LogP) is 3.97. The van der Waals surface area contributed by atoms with Gasteiger partial charge < -0.3 is 10.6 Å². The van der Waals surface area contributed by atoms with Gasteiger partial charge in [0.15, 0.2) is 0 Å². The number of nitrogens with zero attached hydrogens (tertiary/aromatic N) is 2. The molecule has 2 aliphatic rings. The first-order valence-corrected chi connectivity index (χ1v) is 9.61. The second-order valence-corrected chi connectivity index (χ2v) is 7.83. The number of hydrogen-bond acceptors (Lipinski definition) is 3. The van der Waals surface area contributed by atoms with E-state index >= 15 is 0 Å². The van der Waals surface area contributed by atoms with Gasteiger partial charge in [0.2, 0.25) is 0 Å². The Morgan fingerprint density at radius 1 is 1.12 bits per heavy atom. The third-order valence-corrected chi connectivity index (χ3v) is 6.24. The van der Waals surface area contributed by atoms with Crippen molar-refractivity contribution in [3.8, 4) is 0 Å². The Kier molecular flexibility index (Phi) is 6.25. The van der Waals surface area contributed by atoms with Crippen molar-refractivity contribution in [3.63, 3.8) is 0 Å². The second kappa shape index (κ2) is 8.22. The minimum atomic E-state index is -0.814. The van der Waals surface area contributed by atoms with Gasteiger partial charge in [-0.1, -0.05) is 29.3 Å². The molecule has 134 valence electrons. The molecule has 1 aliphatic heterocycles. The zero-order valence-electron chi connectivity index (χ0n) is 13.9. The molecule has 3 rings (SSSR count). The van der Waals surface area contributed by atoms with Crippen molar-refractivity contribution < 1.29 is 4.39 Å². The standard InChI is InChI=1S/C18H26Cl2FN3/c19-14-2-1-3-17(18(14)20)24-10-8-23(9-11-24)7-6-13-4-5-16(22)15(21)12-13/h1-3,13,15-16H,4-12,22H2. The topological polar surface area (TPSA) is 32.5 Å². The van der Waals surface area contributed by atoms with Crippen LogP contribution in [0, 0.1) is 5.92 Å². The highest BCUT2D eigenvalue weighted by Gasteiger charge is 2.28. The summed E-state index contributed by atoms with van der Waals surface area (Å²) in [5.74, 6) is 0.486. The Hall–Kier alpha value is -0.550. The summed E-state index contributed by atoms with van der Waals surface area (Å²) in [7, 11) is 0. The van der Waals surface area contributed by atoms with Crippen molar-refractivity contribution in [2.75, 3.05) is 37.6 Å². The van der Waals surface area contributed by atoms with Gasteiger partial charge in [-0.25, -0.2) is 4.39 Å². The van der Waals surface area contributed by atoms with Gasteiger partial charge in [-0.15, -0.1) is 0 Å². The molecular weight excluding hydrogens is 348 g/mol. The smallest absolute Gasteiger partial charge is 0.115 e. The fourth-order valence-electron chi connectivity index (χ4n) is 3.80. The van der Waals surface area contributed by atoms with Crippen molar-refractivity contribution in [3.05, 3.63) is 28.2 Å². The first-order valence-electron chi connectivity index (χ1n) is 8.85. The summed E-state index contributed by atoms with van der Waals surface area (Å²) in [6.45, 7) is 4.95. The molecule has 1 aromatic carbocycles. The maximum atomic E-state index is 13.7. The van der Waals surface area contributed by atoms with Gasteiger partial charge in [0.1, 0.15) is 6.17 Å². The lowest BCUT2D eigenvalue weighted by Crippen LogP contribution is -2.47. The van der Waals surface area contributed by atoms with Gasteiger partial charge >= 0.3 is 0 Å². The molecule has 0 aromatic heterocycles. The van der Waals surface area contributed by atoms with E-state index in [9.17, 15) is 4.39 Å². The quantitative estimate of drug-likeness (QED) is 0.866. The fourth-order valence-corrected chi connectivity index (χ4v) is 4.21. The van der Waals surface area contributed by atoms with Gasteiger partial charge in [-0.2, -0.15) is 0 Å². The molecular formula is C18H26Cl2FN3. The van der Waals surface area contributed by atoms with Crippen LogP contribution in [0.1, 0.15) is 25.7 Å². The largest absolute Gasteiger partial charge is 0.368 e. The average molecular weight is 374 g/mol. The summed E-state index contributed by atoms with van der Waals surface area (Å²) >= 11 is 12.4. The van der Waals surface area contributed by atoms with E-state index in [0.717, 1.165) is 57.7 Å². The monoisotopic (exact) mass is 373 g/mol. The lowest BCUT2D eigenvalue weighted by Gasteiger charge is -2.37. The highest BCUT2D eigenvalue weighted by molar-refractivity contribution is 6.43. The van der Waals surface area contributed by atoms with Crippen molar-refractivity contribution in [1.29, 1.82) is 0 Å². The molecule has 1 aromatic rings. The van der Waals surface area contributed by atoms with Crippen molar-refractivity contribution in [2.24, 2.45) is 11.7 Å². The Morgan fingerprint density at radius 3 is 2.58 bits per heavy atom. The van der Waals surface area contributed by atoms with E-state index in [0.29, 0.717) is 22.4 Å². The highest BCUT2D eigenvalue weighted by atomic mass is 35.5. The molecule has 0 amide bonds. The van der Waals surface area contributed by atoms with Crippen LogP contribution < -0.4 is 10.6 Å². The molecule has 0 spiro atoms. The zero-order valence-corrected chi connectivity index (χ0v) is 15.4. The van der Waals surface area contributed by atoms with Gasteiger partial charge in [-0.3, -0.25) is 4.90 Å². The summed E-state index contributed by atoms with van der Waals surface area (Å²) < 4.78 is 13.7. The summed E-state index contributed by atoms with van der Waals surface area (Å²) in [5.41, 5.74) is 6.78. The molecule has 1 aliphatic carbocycles. The Labute approximate surface area is 153 Å². The summed E-state index contributed by atoms with van der Waals surface area (Å²) in [6.07, 6.45) is 2.79. The van der Waals surface area contributed by atoms with E-state index in [-0.39, 0.29) is 6.04 Å². The summed E-state index contributed by atoms with van der Waals surface area (Å²) in [6, 6.07) is 5.54. The summed E-state index contributed by atoms with van der Waals surface area (Å²) in [4.78, 5) is 4.76. The zero-order chi connectivity index (χ0) is 17.1. The molecule has 3 atom stereocenters. The molecule has 3 unspecified atom stereocenters. The van der Waals surface area contributed by atoms with E-state index in [4.69, 9.17) is 28.9 Å². The molecule has 1 saturated heterocycles. The number of nitrogens with two attached hydrogens (primary N) is 1. The van der Waals surface area contributed by atoms with Crippen LogP contribution in [-0.4, -0.2) is 49.8 Å². The van der Waals surface area contributed by atoms with Crippen LogP contribution in [-0.2, 0) is 0 Å². The minimum absolute atomic E-state index is 0.243. The van der Waals surface area contributed by atoms with Crippen LogP contribution >= 0.6 is 23.2 Å². The molecule has 2 N–H and O–H groups in total. The first kappa shape index (κ1) is 18.2. The van der Waals surface area contributed by atoms with E-state index in [1.54, 1.807) is 0 Å². The number of alkyl halides is 1. The van der Waals surface area contributed by atoms with Crippen molar-refractivity contribution in [1.82, 2.24) is 4.90 Å². The van der Waals surface area contributed by atoms with Gasteiger partial charge in [-0.05, 0) is 50.3 Å². The number of benzene rings is 1. The predicted molar refractivity (Wildman–Crippen MR) is 99.9 cm³/mol. The van der Waals surface area contributed by atoms with E-state index in [1.165, 1.54) is 0 Å². The van der Waals surface area contributed by atoms with Gasteiger partial charge in [0, 0.05) is 32.2 Å². The molecule has 0 bridgehead atoms. The first-order chi connectivity index (χ1) is 11.5. The van der Waals surface area contributed by atoms with Gasteiger partial charge in [0.25, 0.3) is 0 Å². The van der Waals surface area contributed by atoms with Crippen LogP contribution in [0.15, 0.2) is 18.2 Å². The summed E-state index contributed by atoms with van der Waals surface area (Å²) in [5, 5.41) is 1.24. The Morgan fingerprint density at radius 2 is 1.88 bits per heavy atom. The SMILES string of the molecule is NC1CCC(CCN2CCN(c3cccc(Cl)c3Cl)CC2)CC1F. The third-order valence-electron chi connectivity index (χ3n) is 5.43. The lowest BCUT2D eigenvalue weighted by molar-refractivity contribution is 0.150. The van der Waals surface area contributed by atoms with Crippen molar-refractivity contribution in [2.45, 2.75) is 37.9 Å². The molecule has 3 nitrogen and oxygen atoms in total. The van der Waals surface area contributed by atoms with Crippen LogP contribution in [0.25, 0.3) is 0 Å². The maximum absolute atomic E-state index is 13.7. The maximum Gasteiger partial charge on any atom is 0.115 e. The highest BCUT2D eigenvalue weighted by Crippen LogP contribution is 2.33. The van der Waals surface area contributed by atoms with Crippen LogP contribution in [0.4, 0.5) is 10.1 Å². The molecule has 24 heavy (non-hydrogen) atoms. The molecule has 6 heteroatoms. The number of rotatable bonds is 4. The lowest BCUT2D eigenvalue weighted by atomic mass is 9.83. The molecule has 1 heterocycles. The normalized spacial score (nSPS) is 29.0. The number of hydrogen-bond donors (Lipinski definition) is 1.